The summed E-state index contributed by atoms with van der Waals surface area (Å²) in [5, 5.41) is 2.86. The molecule has 0 bridgehead atoms. The molecule has 3 aromatic rings. The Kier molecular flexibility index (Phi) is 8.98. The second kappa shape index (κ2) is 12.1. The van der Waals surface area contributed by atoms with E-state index >= 15 is 0 Å². The number of carbonyl (C=O) groups is 1. The van der Waals surface area contributed by atoms with Crippen molar-refractivity contribution in [1.82, 2.24) is 4.98 Å². The second-order valence-corrected chi connectivity index (χ2v) is 8.67. The zero-order chi connectivity index (χ0) is 23.6. The smallest absolute Gasteiger partial charge is 0.333 e. The van der Waals surface area contributed by atoms with Gasteiger partial charge in [-0.1, -0.05) is 42.5 Å². The summed E-state index contributed by atoms with van der Waals surface area (Å²) in [5.74, 6) is 0.530. The van der Waals surface area contributed by atoms with E-state index in [0.29, 0.717) is 25.2 Å². The van der Waals surface area contributed by atoms with E-state index in [0.717, 1.165) is 33.2 Å². The molecule has 1 unspecified atom stereocenters. The normalized spacial score (nSPS) is 13.0. The molecule has 0 amide bonds. The first kappa shape index (κ1) is 24.4. The molecule has 2 aromatic carbocycles. The maximum absolute atomic E-state index is 11.8. The van der Waals surface area contributed by atoms with E-state index in [4.69, 9.17) is 15.2 Å². The molecule has 0 aliphatic carbocycles. The number of aromatic nitrogens is 1. The van der Waals surface area contributed by atoms with Crippen molar-refractivity contribution in [2.75, 3.05) is 6.61 Å². The van der Waals surface area contributed by atoms with Crippen LogP contribution in [-0.4, -0.2) is 17.6 Å². The standard InChI is InChI=1S/C27H30N2O3S/c1-4-31-27(30)20(3)14-19(2)15-23-18-33-26(29-23)25(28)16-21-10-12-24(13-11-21)32-17-22-8-6-5-7-9-22/h5-15,18,25H,4,16-17,28H2,1-3H3/b19-15-,20-14-. The summed E-state index contributed by atoms with van der Waals surface area (Å²) < 4.78 is 10.9. The lowest BCUT2D eigenvalue weighted by molar-refractivity contribution is -0.138. The Bertz CT molecular complexity index is 1100. The maximum atomic E-state index is 11.8. The molecule has 6 heteroatoms. The van der Waals surface area contributed by atoms with E-state index in [1.165, 1.54) is 0 Å². The van der Waals surface area contributed by atoms with Crippen LogP contribution in [0.3, 0.4) is 0 Å². The van der Waals surface area contributed by atoms with E-state index in [-0.39, 0.29) is 12.0 Å². The van der Waals surface area contributed by atoms with Crippen molar-refractivity contribution in [1.29, 1.82) is 0 Å². The predicted octanol–water partition coefficient (Wildman–Crippen LogP) is 5.88. The molecule has 2 N–H and O–H groups in total. The fourth-order valence-electron chi connectivity index (χ4n) is 3.26. The minimum atomic E-state index is -0.303. The number of allylic oxidation sites excluding steroid dienone is 2. The third kappa shape index (κ3) is 7.70. The van der Waals surface area contributed by atoms with Gasteiger partial charge in [-0.15, -0.1) is 11.3 Å². The number of hydrogen-bond acceptors (Lipinski definition) is 6. The fourth-order valence-corrected chi connectivity index (χ4v) is 4.04. The number of benzene rings is 2. The van der Waals surface area contributed by atoms with Crippen LogP contribution < -0.4 is 10.5 Å². The Morgan fingerprint density at radius 1 is 1.09 bits per heavy atom. The van der Waals surface area contributed by atoms with E-state index < -0.39 is 0 Å². The van der Waals surface area contributed by atoms with Crippen LogP contribution in [0, 0.1) is 0 Å². The molecule has 3 rings (SSSR count). The zero-order valence-corrected chi connectivity index (χ0v) is 20.1. The van der Waals surface area contributed by atoms with Crippen LogP contribution in [0.15, 0.2) is 77.2 Å². The topological polar surface area (TPSA) is 74.4 Å². The van der Waals surface area contributed by atoms with Crippen LogP contribution in [0.25, 0.3) is 6.08 Å². The highest BCUT2D eigenvalue weighted by Crippen LogP contribution is 2.23. The number of nitrogens with zero attached hydrogens (tertiary/aromatic N) is 1. The summed E-state index contributed by atoms with van der Waals surface area (Å²) in [4.78, 5) is 16.4. The van der Waals surface area contributed by atoms with Crippen molar-refractivity contribution >= 4 is 23.4 Å². The average Bonchev–Trinajstić information content (AvgIpc) is 3.28. The highest BCUT2D eigenvalue weighted by molar-refractivity contribution is 7.09. The molecule has 1 aromatic heterocycles. The molecule has 0 aliphatic rings. The third-order valence-corrected chi connectivity index (χ3v) is 5.90. The van der Waals surface area contributed by atoms with E-state index in [2.05, 4.69) is 4.98 Å². The number of esters is 1. The van der Waals surface area contributed by atoms with Gasteiger partial charge < -0.3 is 15.2 Å². The van der Waals surface area contributed by atoms with Crippen LogP contribution >= 0.6 is 11.3 Å². The first-order valence-electron chi connectivity index (χ1n) is 10.9. The summed E-state index contributed by atoms with van der Waals surface area (Å²) in [6, 6.07) is 17.9. The van der Waals surface area contributed by atoms with Crippen molar-refractivity contribution < 1.29 is 14.3 Å². The van der Waals surface area contributed by atoms with Gasteiger partial charge >= 0.3 is 5.97 Å². The van der Waals surface area contributed by atoms with Crippen LogP contribution in [0.2, 0.25) is 0 Å². The van der Waals surface area contributed by atoms with E-state index in [1.807, 2.05) is 73.0 Å². The first-order chi connectivity index (χ1) is 15.9. The number of ether oxygens (including phenoxy) is 2. The molecule has 0 radical (unpaired) electrons. The lowest BCUT2D eigenvalue weighted by atomic mass is 10.1. The lowest BCUT2D eigenvalue weighted by Crippen LogP contribution is -2.13. The summed E-state index contributed by atoms with van der Waals surface area (Å²) in [6.07, 6.45) is 4.43. The molecular formula is C27H30N2O3S. The van der Waals surface area contributed by atoms with Crippen molar-refractivity contribution in [3.8, 4) is 5.75 Å². The Hall–Kier alpha value is -3.22. The van der Waals surface area contributed by atoms with Gasteiger partial charge in [0.25, 0.3) is 0 Å². The molecule has 0 saturated heterocycles. The molecule has 5 nitrogen and oxygen atoms in total. The van der Waals surface area contributed by atoms with Crippen molar-refractivity contribution in [2.24, 2.45) is 5.73 Å². The van der Waals surface area contributed by atoms with Crippen molar-refractivity contribution in [3.63, 3.8) is 0 Å². The number of hydrogen-bond donors (Lipinski definition) is 1. The van der Waals surface area contributed by atoms with Gasteiger partial charge in [0.2, 0.25) is 0 Å². The molecule has 0 saturated carbocycles. The van der Waals surface area contributed by atoms with Crippen LogP contribution in [-0.2, 0) is 22.6 Å². The summed E-state index contributed by atoms with van der Waals surface area (Å²) >= 11 is 1.54. The minimum absolute atomic E-state index is 0.189. The largest absolute Gasteiger partial charge is 0.489 e. The quantitative estimate of drug-likeness (QED) is 0.231. The Labute approximate surface area is 199 Å². The molecule has 0 fully saturated rings. The Morgan fingerprint density at radius 3 is 2.52 bits per heavy atom. The van der Waals surface area contributed by atoms with Crippen LogP contribution in [0.1, 0.15) is 48.6 Å². The lowest BCUT2D eigenvalue weighted by Gasteiger charge is -2.10. The zero-order valence-electron chi connectivity index (χ0n) is 19.3. The van der Waals surface area contributed by atoms with Gasteiger partial charge in [-0.2, -0.15) is 0 Å². The molecule has 1 heterocycles. The SMILES string of the molecule is CCOC(=O)/C(C)=C\C(C)=C/c1csc(C(N)Cc2ccc(OCc3ccccc3)cc2)n1. The Balaban J connectivity index is 1.56. The third-order valence-electron chi connectivity index (χ3n) is 4.90. The van der Waals surface area contributed by atoms with Crippen LogP contribution in [0.4, 0.5) is 0 Å². The van der Waals surface area contributed by atoms with Gasteiger partial charge in [0, 0.05) is 11.0 Å². The molecule has 0 aliphatic heterocycles. The average molecular weight is 463 g/mol. The van der Waals surface area contributed by atoms with Gasteiger partial charge in [-0.05, 0) is 68.2 Å². The first-order valence-corrected chi connectivity index (χ1v) is 11.8. The highest BCUT2D eigenvalue weighted by atomic mass is 32.1. The van der Waals surface area contributed by atoms with Gasteiger partial charge in [0.15, 0.2) is 0 Å². The maximum Gasteiger partial charge on any atom is 0.333 e. The predicted molar refractivity (Wildman–Crippen MR) is 134 cm³/mol. The van der Waals surface area contributed by atoms with Gasteiger partial charge in [-0.3, -0.25) is 0 Å². The van der Waals surface area contributed by atoms with Gasteiger partial charge in [0.1, 0.15) is 17.4 Å². The monoisotopic (exact) mass is 462 g/mol. The fraction of sp³-hybridized carbons (Fsp3) is 0.259. The minimum Gasteiger partial charge on any atom is -0.489 e. The number of carbonyl (C=O) groups excluding carboxylic acids is 1. The van der Waals surface area contributed by atoms with E-state index in [1.54, 1.807) is 31.3 Å². The van der Waals surface area contributed by atoms with Crippen molar-refractivity contribution in [3.05, 3.63) is 99.0 Å². The van der Waals surface area contributed by atoms with Gasteiger partial charge in [0.05, 0.1) is 18.3 Å². The number of nitrogens with two attached hydrogens (primary N) is 1. The molecule has 1 atom stereocenters. The van der Waals surface area contributed by atoms with Crippen LogP contribution in [0.5, 0.6) is 5.75 Å². The number of rotatable bonds is 10. The summed E-state index contributed by atoms with van der Waals surface area (Å²) in [6.45, 7) is 6.38. The molecule has 33 heavy (non-hydrogen) atoms. The second-order valence-electron chi connectivity index (χ2n) is 7.78. The van der Waals surface area contributed by atoms with Crippen molar-refractivity contribution in [2.45, 2.75) is 39.8 Å². The molecular weight excluding hydrogens is 432 g/mol. The summed E-state index contributed by atoms with van der Waals surface area (Å²) in [7, 11) is 0. The number of thiazole rings is 1. The van der Waals surface area contributed by atoms with Gasteiger partial charge in [-0.25, -0.2) is 9.78 Å². The summed E-state index contributed by atoms with van der Waals surface area (Å²) in [5.41, 5.74) is 11.0. The Morgan fingerprint density at radius 2 is 1.82 bits per heavy atom. The highest BCUT2D eigenvalue weighted by Gasteiger charge is 2.12. The van der Waals surface area contributed by atoms with E-state index in [9.17, 15) is 4.79 Å². The molecule has 172 valence electrons. The molecule has 0 spiro atoms.